The number of rotatable bonds is 5. The fraction of sp³-hybridized carbons (Fsp3) is 0.385. The summed E-state index contributed by atoms with van der Waals surface area (Å²) in [6.45, 7) is 3.35. The van der Waals surface area contributed by atoms with Crippen molar-refractivity contribution in [2.24, 2.45) is 5.92 Å². The minimum Gasteiger partial charge on any atom is -0.494 e. The number of hydrogen-bond acceptors (Lipinski definition) is 3. The molecule has 0 aliphatic carbocycles. The second-order valence-electron chi connectivity index (χ2n) is 4.38. The van der Waals surface area contributed by atoms with Gasteiger partial charge >= 0.3 is 5.97 Å². The van der Waals surface area contributed by atoms with Crippen molar-refractivity contribution < 1.29 is 23.8 Å². The van der Waals surface area contributed by atoms with Gasteiger partial charge in [-0.1, -0.05) is 13.8 Å². The zero-order valence-electron chi connectivity index (χ0n) is 10.9. The number of carboxylic acids is 1. The second kappa shape index (κ2) is 6.17. The highest BCUT2D eigenvalue weighted by molar-refractivity contribution is 5.96. The number of ether oxygens (including phenoxy) is 1. The molecule has 0 saturated heterocycles. The number of halogens is 1. The van der Waals surface area contributed by atoms with Gasteiger partial charge in [0, 0.05) is 5.56 Å². The molecular weight excluding hydrogens is 253 g/mol. The first-order valence-electron chi connectivity index (χ1n) is 5.74. The highest BCUT2D eigenvalue weighted by Crippen LogP contribution is 2.17. The predicted octanol–water partition coefficient (Wildman–Crippen LogP) is 1.67. The van der Waals surface area contributed by atoms with Gasteiger partial charge in [-0.2, -0.15) is 0 Å². The van der Waals surface area contributed by atoms with Crippen molar-refractivity contribution in [3.8, 4) is 5.75 Å². The number of amides is 1. The van der Waals surface area contributed by atoms with Crippen molar-refractivity contribution in [3.63, 3.8) is 0 Å². The van der Waals surface area contributed by atoms with Crippen molar-refractivity contribution >= 4 is 11.9 Å². The second-order valence-corrected chi connectivity index (χ2v) is 4.38. The van der Waals surface area contributed by atoms with Gasteiger partial charge in [0.2, 0.25) is 0 Å². The third-order valence-electron chi connectivity index (χ3n) is 2.63. The number of carbonyl (C=O) groups is 2. The van der Waals surface area contributed by atoms with E-state index in [1.165, 1.54) is 19.2 Å². The van der Waals surface area contributed by atoms with Crippen LogP contribution in [0.5, 0.6) is 5.75 Å². The highest BCUT2D eigenvalue weighted by atomic mass is 19.1. The fourth-order valence-corrected chi connectivity index (χ4v) is 1.55. The molecule has 0 heterocycles. The minimum atomic E-state index is -1.13. The number of hydrogen-bond donors (Lipinski definition) is 2. The van der Waals surface area contributed by atoms with Gasteiger partial charge in [-0.3, -0.25) is 4.79 Å². The van der Waals surface area contributed by atoms with Crippen LogP contribution in [0.25, 0.3) is 0 Å². The van der Waals surface area contributed by atoms with Crippen LogP contribution >= 0.6 is 0 Å². The molecule has 0 aromatic heterocycles. The summed E-state index contributed by atoms with van der Waals surface area (Å²) in [6.07, 6.45) is 0. The lowest BCUT2D eigenvalue weighted by molar-refractivity contribution is -0.140. The summed E-state index contributed by atoms with van der Waals surface area (Å²) in [5, 5.41) is 11.3. The summed E-state index contributed by atoms with van der Waals surface area (Å²) in [5.74, 6) is -2.69. The number of carbonyl (C=O) groups excluding carboxylic acids is 1. The van der Waals surface area contributed by atoms with E-state index in [9.17, 15) is 14.0 Å². The number of nitrogens with one attached hydrogen (secondary N) is 1. The van der Waals surface area contributed by atoms with Gasteiger partial charge in [-0.25, -0.2) is 9.18 Å². The third-order valence-corrected chi connectivity index (χ3v) is 2.63. The van der Waals surface area contributed by atoms with Crippen LogP contribution in [0.2, 0.25) is 0 Å². The number of methoxy groups -OCH3 is 1. The van der Waals surface area contributed by atoms with Crippen molar-refractivity contribution in [3.05, 3.63) is 29.6 Å². The van der Waals surface area contributed by atoms with Gasteiger partial charge in [0.15, 0.2) is 11.6 Å². The summed E-state index contributed by atoms with van der Waals surface area (Å²) in [7, 11) is 1.32. The maximum atomic E-state index is 13.4. The topological polar surface area (TPSA) is 75.6 Å². The quantitative estimate of drug-likeness (QED) is 0.852. The summed E-state index contributed by atoms with van der Waals surface area (Å²) in [4.78, 5) is 22.8. The van der Waals surface area contributed by atoms with Crippen LogP contribution in [0, 0.1) is 11.7 Å². The molecule has 104 valence electrons. The van der Waals surface area contributed by atoms with Gasteiger partial charge in [0.05, 0.1) is 7.11 Å². The summed E-state index contributed by atoms with van der Waals surface area (Å²) in [6, 6.07) is 2.68. The van der Waals surface area contributed by atoms with E-state index < -0.39 is 23.7 Å². The molecule has 0 unspecified atom stereocenters. The lowest BCUT2D eigenvalue weighted by Gasteiger charge is -2.18. The van der Waals surface area contributed by atoms with Crippen LogP contribution in [-0.2, 0) is 4.79 Å². The highest BCUT2D eigenvalue weighted by Gasteiger charge is 2.24. The largest absolute Gasteiger partial charge is 0.494 e. The molecule has 1 amide bonds. The van der Waals surface area contributed by atoms with E-state index in [1.54, 1.807) is 13.8 Å². The first-order chi connectivity index (χ1) is 8.86. The molecule has 2 N–H and O–H groups in total. The normalized spacial score (nSPS) is 12.1. The Hall–Kier alpha value is -2.11. The SMILES string of the molecule is COc1ccc(C(=O)N[C@@H](C(=O)O)C(C)C)cc1F. The molecule has 0 spiro atoms. The standard InChI is InChI=1S/C13H16FNO4/c1-7(2)11(13(17)18)15-12(16)8-4-5-10(19-3)9(14)6-8/h4-7,11H,1-3H3,(H,15,16)(H,17,18)/t11-/m1/s1. The Labute approximate surface area is 110 Å². The van der Waals surface area contributed by atoms with Crippen LogP contribution in [-0.4, -0.2) is 30.1 Å². The van der Waals surface area contributed by atoms with E-state index in [2.05, 4.69) is 5.32 Å². The Morgan fingerprint density at radius 1 is 1.37 bits per heavy atom. The van der Waals surface area contributed by atoms with Crippen molar-refractivity contribution in [2.45, 2.75) is 19.9 Å². The van der Waals surface area contributed by atoms with Crippen molar-refractivity contribution in [1.82, 2.24) is 5.32 Å². The molecule has 0 radical (unpaired) electrons. The van der Waals surface area contributed by atoms with E-state index in [-0.39, 0.29) is 17.2 Å². The lowest BCUT2D eigenvalue weighted by atomic mass is 10.0. The molecule has 5 nitrogen and oxygen atoms in total. The van der Waals surface area contributed by atoms with Crippen LogP contribution < -0.4 is 10.1 Å². The Morgan fingerprint density at radius 2 is 2.00 bits per heavy atom. The molecule has 0 bridgehead atoms. The summed E-state index contributed by atoms with van der Waals surface area (Å²) in [5.41, 5.74) is 0.0465. The fourth-order valence-electron chi connectivity index (χ4n) is 1.55. The monoisotopic (exact) mass is 269 g/mol. The maximum Gasteiger partial charge on any atom is 0.326 e. The molecule has 1 rings (SSSR count). The van der Waals surface area contributed by atoms with Crippen LogP contribution in [0.4, 0.5) is 4.39 Å². The lowest BCUT2D eigenvalue weighted by Crippen LogP contribution is -2.44. The van der Waals surface area contributed by atoms with Crippen molar-refractivity contribution in [1.29, 1.82) is 0 Å². The number of carboxylic acid groups (broad SMARTS) is 1. The third kappa shape index (κ3) is 3.67. The first kappa shape index (κ1) is 14.9. The molecule has 0 aliphatic rings. The van der Waals surface area contributed by atoms with Crippen LogP contribution in [0.3, 0.4) is 0 Å². The average molecular weight is 269 g/mol. The average Bonchev–Trinajstić information content (AvgIpc) is 2.34. The first-order valence-corrected chi connectivity index (χ1v) is 5.74. The molecule has 1 aromatic carbocycles. The molecule has 0 aliphatic heterocycles. The summed E-state index contributed by atoms with van der Waals surface area (Å²) < 4.78 is 18.2. The van der Waals surface area contributed by atoms with Gasteiger partial charge in [-0.15, -0.1) is 0 Å². The van der Waals surface area contributed by atoms with E-state index in [0.717, 1.165) is 6.07 Å². The van der Waals surface area contributed by atoms with E-state index in [1.807, 2.05) is 0 Å². The minimum absolute atomic E-state index is 0.0233. The maximum absolute atomic E-state index is 13.4. The molecule has 0 fully saturated rings. The van der Waals surface area contributed by atoms with E-state index in [0.29, 0.717) is 0 Å². The van der Waals surface area contributed by atoms with Gasteiger partial charge < -0.3 is 15.2 Å². The van der Waals surface area contributed by atoms with Crippen molar-refractivity contribution in [2.75, 3.05) is 7.11 Å². The smallest absolute Gasteiger partial charge is 0.326 e. The van der Waals surface area contributed by atoms with Gasteiger partial charge in [0.25, 0.3) is 5.91 Å². The molecule has 6 heteroatoms. The van der Waals surface area contributed by atoms with E-state index in [4.69, 9.17) is 9.84 Å². The van der Waals surface area contributed by atoms with E-state index >= 15 is 0 Å². The molecular formula is C13H16FNO4. The van der Waals surface area contributed by atoms with Crippen LogP contribution in [0.1, 0.15) is 24.2 Å². The Morgan fingerprint density at radius 3 is 2.42 bits per heavy atom. The predicted molar refractivity (Wildman–Crippen MR) is 66.7 cm³/mol. The van der Waals surface area contributed by atoms with Gasteiger partial charge in [-0.05, 0) is 24.1 Å². The molecule has 1 aromatic rings. The zero-order valence-corrected chi connectivity index (χ0v) is 10.9. The molecule has 19 heavy (non-hydrogen) atoms. The zero-order chi connectivity index (χ0) is 14.6. The van der Waals surface area contributed by atoms with Gasteiger partial charge in [0.1, 0.15) is 6.04 Å². The Bertz CT molecular complexity index is 488. The molecule has 0 saturated carbocycles. The summed E-state index contributed by atoms with van der Waals surface area (Å²) >= 11 is 0. The number of benzene rings is 1. The number of aliphatic carboxylic acids is 1. The molecule has 1 atom stereocenters. The Balaban J connectivity index is 2.89. The van der Waals surface area contributed by atoms with Crippen LogP contribution in [0.15, 0.2) is 18.2 Å². The Kier molecular flexibility index (Phi) is 4.86.